The van der Waals surface area contributed by atoms with Crippen LogP contribution >= 0.6 is 0 Å². The number of nitrogens with zero attached hydrogens (tertiary/aromatic N) is 1. The highest BCUT2D eigenvalue weighted by atomic mass is 16.5. The highest BCUT2D eigenvalue weighted by molar-refractivity contribution is 5.46. The maximum Gasteiger partial charge on any atom is 0.317 e. The maximum atomic E-state index is 5.42. The fourth-order valence-corrected chi connectivity index (χ4v) is 1.25. The molecule has 1 aliphatic rings. The quantitative estimate of drug-likeness (QED) is 0.540. The van der Waals surface area contributed by atoms with Crippen LogP contribution in [0.4, 0.5) is 5.82 Å². The van der Waals surface area contributed by atoms with E-state index in [-0.39, 0.29) is 0 Å². The van der Waals surface area contributed by atoms with Gasteiger partial charge >= 0.3 is 5.82 Å². The Hall–Kier alpha value is -1.25. The number of nitrogens with one attached hydrogen (secondary N) is 1. The number of pyridine rings is 1. The second kappa shape index (κ2) is 2.42. The first-order valence-electron chi connectivity index (χ1n) is 3.73. The van der Waals surface area contributed by atoms with Crippen molar-refractivity contribution >= 4 is 5.82 Å². The minimum absolute atomic E-state index is 0.761. The fraction of sp³-hybridized carbons (Fsp3) is 0.375. The van der Waals surface area contributed by atoms with Gasteiger partial charge in [0.05, 0.1) is 13.2 Å². The Morgan fingerprint density at radius 3 is 3.36 bits per heavy atom. The van der Waals surface area contributed by atoms with E-state index in [1.165, 1.54) is 0 Å². The molecule has 0 spiro atoms. The molecule has 0 unspecified atom stereocenters. The van der Waals surface area contributed by atoms with E-state index >= 15 is 0 Å². The third-order valence-corrected chi connectivity index (χ3v) is 1.80. The molecule has 58 valence electrons. The summed E-state index contributed by atoms with van der Waals surface area (Å²) >= 11 is 0. The Morgan fingerprint density at radius 1 is 1.64 bits per heavy atom. The van der Waals surface area contributed by atoms with Crippen molar-refractivity contribution in [1.82, 2.24) is 0 Å². The lowest BCUT2D eigenvalue weighted by Crippen LogP contribution is -2.36. The molecule has 1 N–H and O–H groups in total. The van der Waals surface area contributed by atoms with Crippen molar-refractivity contribution in [2.24, 2.45) is 7.05 Å². The summed E-state index contributed by atoms with van der Waals surface area (Å²) in [5.74, 6) is 2.01. The molecule has 0 saturated carbocycles. The Morgan fingerprint density at radius 2 is 2.55 bits per heavy atom. The van der Waals surface area contributed by atoms with Crippen LogP contribution in [0.1, 0.15) is 0 Å². The van der Waals surface area contributed by atoms with Gasteiger partial charge in [-0.15, -0.1) is 0 Å². The second-order valence-electron chi connectivity index (χ2n) is 2.61. The van der Waals surface area contributed by atoms with E-state index < -0.39 is 0 Å². The van der Waals surface area contributed by atoms with Gasteiger partial charge in [0.15, 0.2) is 0 Å². The smallest absolute Gasteiger partial charge is 0.317 e. The van der Waals surface area contributed by atoms with Gasteiger partial charge in [-0.2, -0.15) is 0 Å². The number of anilines is 1. The summed E-state index contributed by atoms with van der Waals surface area (Å²) < 4.78 is 7.44. The normalized spacial score (nSPS) is 14.6. The van der Waals surface area contributed by atoms with Gasteiger partial charge in [-0.05, 0) is 12.1 Å². The zero-order valence-electron chi connectivity index (χ0n) is 6.50. The van der Waals surface area contributed by atoms with Crippen molar-refractivity contribution in [2.75, 3.05) is 18.5 Å². The zero-order chi connectivity index (χ0) is 7.68. The van der Waals surface area contributed by atoms with Gasteiger partial charge in [0.25, 0.3) is 0 Å². The fourth-order valence-electron chi connectivity index (χ4n) is 1.25. The summed E-state index contributed by atoms with van der Waals surface area (Å²) in [7, 11) is 2.00. The molecule has 0 aliphatic carbocycles. The molecule has 1 aromatic heterocycles. The van der Waals surface area contributed by atoms with Gasteiger partial charge in [-0.1, -0.05) is 0 Å². The third kappa shape index (κ3) is 1.02. The van der Waals surface area contributed by atoms with Gasteiger partial charge in [-0.3, -0.25) is 5.32 Å². The first-order chi connectivity index (χ1) is 5.38. The van der Waals surface area contributed by atoms with Crippen LogP contribution in [0, 0.1) is 0 Å². The molecule has 0 fully saturated rings. The highest BCUT2D eigenvalue weighted by Gasteiger charge is 2.17. The molecule has 3 heteroatoms. The van der Waals surface area contributed by atoms with Crippen LogP contribution < -0.4 is 14.6 Å². The minimum atomic E-state index is 0.761. The Balaban J connectivity index is 2.49. The molecule has 0 bridgehead atoms. The molecule has 2 rings (SSSR count). The highest BCUT2D eigenvalue weighted by Crippen LogP contribution is 2.21. The van der Waals surface area contributed by atoms with Crippen LogP contribution in [-0.2, 0) is 7.05 Å². The summed E-state index contributed by atoms with van der Waals surface area (Å²) in [6, 6.07) is 3.95. The van der Waals surface area contributed by atoms with Crippen LogP contribution in [-0.4, -0.2) is 13.2 Å². The topological polar surface area (TPSA) is 25.1 Å². The van der Waals surface area contributed by atoms with Gasteiger partial charge < -0.3 is 4.74 Å². The van der Waals surface area contributed by atoms with Gasteiger partial charge in [0.1, 0.15) is 13.2 Å². The molecule has 1 aromatic rings. The van der Waals surface area contributed by atoms with Crippen molar-refractivity contribution in [3.8, 4) is 5.75 Å². The molecular weight excluding hydrogens is 140 g/mol. The Labute approximate surface area is 65.6 Å². The molecule has 0 amide bonds. The van der Waals surface area contributed by atoms with Crippen LogP contribution in [0.2, 0.25) is 0 Å². The van der Waals surface area contributed by atoms with Crippen LogP contribution in [0.5, 0.6) is 5.75 Å². The lowest BCUT2D eigenvalue weighted by molar-refractivity contribution is -0.657. The molecule has 3 nitrogen and oxygen atoms in total. The van der Waals surface area contributed by atoms with Gasteiger partial charge in [-0.25, -0.2) is 4.57 Å². The first kappa shape index (κ1) is 6.46. The number of hydrogen-bond donors (Lipinski definition) is 1. The number of rotatable bonds is 0. The lowest BCUT2D eigenvalue weighted by atomic mass is 10.4. The van der Waals surface area contributed by atoms with Crippen molar-refractivity contribution in [1.29, 1.82) is 0 Å². The average molecular weight is 151 g/mol. The molecule has 0 atom stereocenters. The molecular formula is C8H11N2O+. The molecule has 1 aliphatic heterocycles. The first-order valence-corrected chi connectivity index (χ1v) is 3.73. The molecule has 0 saturated heterocycles. The van der Waals surface area contributed by atoms with Gasteiger partial charge in [0.2, 0.25) is 5.75 Å². The van der Waals surface area contributed by atoms with E-state index in [1.54, 1.807) is 0 Å². The van der Waals surface area contributed by atoms with Crippen LogP contribution in [0.25, 0.3) is 0 Å². The monoisotopic (exact) mass is 151 g/mol. The summed E-state index contributed by atoms with van der Waals surface area (Å²) in [6.45, 7) is 1.65. The van der Waals surface area contributed by atoms with Crippen LogP contribution in [0.3, 0.4) is 0 Å². The van der Waals surface area contributed by atoms with Crippen LogP contribution in [0.15, 0.2) is 18.3 Å². The van der Waals surface area contributed by atoms with E-state index in [0.29, 0.717) is 0 Å². The number of fused-ring (bicyclic) bond motifs is 1. The number of aryl methyl sites for hydroxylation is 1. The molecule has 11 heavy (non-hydrogen) atoms. The minimum Gasteiger partial charge on any atom is -0.482 e. The summed E-state index contributed by atoms with van der Waals surface area (Å²) in [5.41, 5.74) is 0. The lowest BCUT2D eigenvalue weighted by Gasteiger charge is -2.14. The number of hydrogen-bond acceptors (Lipinski definition) is 2. The van der Waals surface area contributed by atoms with Crippen molar-refractivity contribution in [3.05, 3.63) is 18.3 Å². The maximum absolute atomic E-state index is 5.42. The predicted molar refractivity (Wildman–Crippen MR) is 41.6 cm³/mol. The summed E-state index contributed by atoms with van der Waals surface area (Å²) in [5, 5.41) is 3.27. The number of ether oxygens (including phenoxy) is 1. The summed E-state index contributed by atoms with van der Waals surface area (Å²) in [6.07, 6.45) is 2.00. The third-order valence-electron chi connectivity index (χ3n) is 1.80. The van der Waals surface area contributed by atoms with E-state index in [0.717, 1.165) is 24.7 Å². The number of aromatic nitrogens is 1. The molecule has 2 heterocycles. The standard InChI is InChI=1S/C8H10N2O/c1-10-5-2-3-7-8(10)9-4-6-11-7/h2-3,5H,4,6H2,1H3/p+1. The summed E-state index contributed by atoms with van der Waals surface area (Å²) in [4.78, 5) is 0. The van der Waals surface area contributed by atoms with Crippen molar-refractivity contribution < 1.29 is 9.30 Å². The second-order valence-corrected chi connectivity index (χ2v) is 2.61. The van der Waals surface area contributed by atoms with E-state index in [4.69, 9.17) is 4.74 Å². The average Bonchev–Trinajstić information content (AvgIpc) is 2.06. The Bertz CT molecular complexity index is 273. The predicted octanol–water partition coefficient (Wildman–Crippen LogP) is 0.315. The van der Waals surface area contributed by atoms with E-state index in [9.17, 15) is 0 Å². The Kier molecular flexibility index (Phi) is 1.42. The molecule has 0 aromatic carbocycles. The largest absolute Gasteiger partial charge is 0.482 e. The van der Waals surface area contributed by atoms with Crippen molar-refractivity contribution in [3.63, 3.8) is 0 Å². The van der Waals surface area contributed by atoms with E-state index in [1.807, 2.05) is 29.9 Å². The van der Waals surface area contributed by atoms with E-state index in [2.05, 4.69) is 5.32 Å². The SMILES string of the molecule is C[n+]1cccc2c1NCCO2. The van der Waals surface area contributed by atoms with Crippen molar-refractivity contribution in [2.45, 2.75) is 0 Å². The zero-order valence-corrected chi connectivity index (χ0v) is 6.50. The molecule has 0 radical (unpaired) electrons. The van der Waals surface area contributed by atoms with Gasteiger partial charge in [0, 0.05) is 0 Å².